The van der Waals surface area contributed by atoms with Crippen molar-refractivity contribution in [1.82, 2.24) is 10.6 Å². The van der Waals surface area contributed by atoms with Gasteiger partial charge in [-0.05, 0) is 12.1 Å². The van der Waals surface area contributed by atoms with Crippen LogP contribution in [0.4, 0.5) is 0 Å². The zero-order valence-corrected chi connectivity index (χ0v) is 10.5. The van der Waals surface area contributed by atoms with E-state index in [1.807, 2.05) is 12.1 Å². The number of hydrogen-bond donors (Lipinski definition) is 6. The summed E-state index contributed by atoms with van der Waals surface area (Å²) < 4.78 is 0. The fourth-order valence-electron chi connectivity index (χ4n) is 0.954. The number of nitrogens with one attached hydrogen (secondary N) is 4. The third kappa shape index (κ3) is 5.10. The van der Waals surface area contributed by atoms with Crippen LogP contribution in [0.15, 0.2) is 12.1 Å². The normalized spacial score (nSPS) is 9.73. The van der Waals surface area contributed by atoms with Crippen molar-refractivity contribution in [1.29, 1.82) is 10.8 Å². The number of hydrogen-bond acceptors (Lipinski definition) is 3. The van der Waals surface area contributed by atoms with E-state index >= 15 is 0 Å². The van der Waals surface area contributed by atoms with Crippen LogP contribution in [-0.2, 0) is 13.1 Å². The molecular formula is C8H12N4S3. The van der Waals surface area contributed by atoms with Gasteiger partial charge in [0.1, 0.15) is 0 Å². The lowest BCUT2D eigenvalue weighted by Gasteiger charge is -2.00. The predicted octanol–water partition coefficient (Wildman–Crippen LogP) is 1.66. The molecule has 7 heteroatoms. The van der Waals surface area contributed by atoms with E-state index < -0.39 is 0 Å². The van der Waals surface area contributed by atoms with Gasteiger partial charge in [-0.15, -0.1) is 36.6 Å². The van der Waals surface area contributed by atoms with E-state index in [9.17, 15) is 0 Å². The Bertz CT molecular complexity index is 328. The first-order valence-corrected chi connectivity index (χ1v) is 5.89. The Kier molecular flexibility index (Phi) is 5.00. The van der Waals surface area contributed by atoms with Crippen molar-refractivity contribution in [3.05, 3.63) is 21.9 Å². The molecule has 0 atom stereocenters. The molecule has 0 bridgehead atoms. The topological polar surface area (TPSA) is 71.8 Å². The Balaban J connectivity index is 2.41. The summed E-state index contributed by atoms with van der Waals surface area (Å²) in [4.78, 5) is 2.27. The Labute approximate surface area is 103 Å². The van der Waals surface area contributed by atoms with Gasteiger partial charge in [-0.3, -0.25) is 10.8 Å². The number of thiophene rings is 1. The molecule has 1 heterocycles. The van der Waals surface area contributed by atoms with Crippen LogP contribution in [0, 0.1) is 10.8 Å². The van der Waals surface area contributed by atoms with Crippen LogP contribution in [0.25, 0.3) is 0 Å². The van der Waals surface area contributed by atoms with Gasteiger partial charge in [-0.25, -0.2) is 0 Å². The van der Waals surface area contributed by atoms with Crippen LogP contribution in [-0.4, -0.2) is 10.3 Å². The lowest BCUT2D eigenvalue weighted by molar-refractivity contribution is 0.942. The smallest absolute Gasteiger partial charge is 0.150 e. The van der Waals surface area contributed by atoms with Gasteiger partial charge in [-0.1, -0.05) is 0 Å². The first-order valence-electron chi connectivity index (χ1n) is 4.18. The predicted molar refractivity (Wildman–Crippen MR) is 71.4 cm³/mol. The summed E-state index contributed by atoms with van der Waals surface area (Å²) in [6, 6.07) is 3.99. The van der Waals surface area contributed by atoms with Crippen molar-refractivity contribution in [2.45, 2.75) is 13.1 Å². The Morgan fingerprint density at radius 2 is 1.47 bits per heavy atom. The zero-order valence-electron chi connectivity index (χ0n) is 7.87. The zero-order chi connectivity index (χ0) is 11.3. The van der Waals surface area contributed by atoms with Gasteiger partial charge in [0, 0.05) is 9.75 Å². The summed E-state index contributed by atoms with van der Waals surface area (Å²) in [5, 5.41) is 20.2. The van der Waals surface area contributed by atoms with Crippen molar-refractivity contribution in [2.24, 2.45) is 0 Å². The summed E-state index contributed by atoms with van der Waals surface area (Å²) in [6.07, 6.45) is 0. The van der Waals surface area contributed by atoms with Crippen LogP contribution >= 0.6 is 36.6 Å². The van der Waals surface area contributed by atoms with E-state index in [-0.39, 0.29) is 10.3 Å². The van der Waals surface area contributed by atoms with E-state index in [4.69, 9.17) is 10.8 Å². The van der Waals surface area contributed by atoms with E-state index in [0.717, 1.165) is 9.75 Å². The fraction of sp³-hybridized carbons (Fsp3) is 0.250. The van der Waals surface area contributed by atoms with E-state index in [1.54, 1.807) is 11.3 Å². The third-order valence-corrected chi connectivity index (χ3v) is 2.98. The van der Waals surface area contributed by atoms with E-state index in [2.05, 4.69) is 35.9 Å². The van der Waals surface area contributed by atoms with Gasteiger partial charge >= 0.3 is 0 Å². The molecule has 4 nitrogen and oxygen atoms in total. The fourth-order valence-corrected chi connectivity index (χ4v) is 2.01. The molecule has 4 N–H and O–H groups in total. The first kappa shape index (κ1) is 12.4. The second kappa shape index (κ2) is 6.04. The number of thiol groups is 2. The molecule has 0 amide bonds. The molecule has 0 spiro atoms. The number of amidine groups is 2. The minimum atomic E-state index is 0.167. The second-order valence-corrected chi connectivity index (χ2v) is 4.92. The molecule has 1 aromatic heterocycles. The molecule has 0 unspecified atom stereocenters. The second-order valence-electron chi connectivity index (χ2n) is 2.77. The maximum atomic E-state index is 7.09. The van der Waals surface area contributed by atoms with Crippen molar-refractivity contribution in [3.63, 3.8) is 0 Å². The minimum Gasteiger partial charge on any atom is -0.360 e. The van der Waals surface area contributed by atoms with Crippen molar-refractivity contribution >= 4 is 46.9 Å². The van der Waals surface area contributed by atoms with Crippen LogP contribution in [0.3, 0.4) is 0 Å². The molecule has 82 valence electrons. The molecule has 0 aliphatic heterocycles. The molecular weight excluding hydrogens is 248 g/mol. The highest BCUT2D eigenvalue weighted by Crippen LogP contribution is 2.16. The highest BCUT2D eigenvalue weighted by Gasteiger charge is 2.00. The van der Waals surface area contributed by atoms with Gasteiger partial charge in [0.05, 0.1) is 13.1 Å². The summed E-state index contributed by atoms with van der Waals surface area (Å²) in [7, 11) is 0. The first-order chi connectivity index (χ1) is 7.08. The van der Waals surface area contributed by atoms with Crippen LogP contribution in [0.2, 0.25) is 0 Å². The van der Waals surface area contributed by atoms with Gasteiger partial charge in [0.15, 0.2) is 10.3 Å². The van der Waals surface area contributed by atoms with Gasteiger partial charge in [0.25, 0.3) is 0 Å². The lowest BCUT2D eigenvalue weighted by Crippen LogP contribution is -2.16. The SMILES string of the molecule is N=C(S)NCc1ccc(CNC(=N)S)s1. The van der Waals surface area contributed by atoms with E-state index in [1.165, 1.54) is 0 Å². The molecule has 0 saturated heterocycles. The molecule has 0 aliphatic carbocycles. The summed E-state index contributed by atoms with van der Waals surface area (Å²) in [5.41, 5.74) is 0. The Hall–Kier alpha value is -0.660. The molecule has 0 aliphatic rings. The standard InChI is InChI=1S/C8H12N4S3/c9-7(13)11-3-5-1-2-6(15-5)4-12-8(10)14/h1-2H,3-4H2,(H3,9,11,13)(H3,10,12,14). The lowest BCUT2D eigenvalue weighted by atomic mass is 10.4. The highest BCUT2D eigenvalue weighted by atomic mass is 32.1. The van der Waals surface area contributed by atoms with Gasteiger partial charge in [-0.2, -0.15) is 0 Å². The van der Waals surface area contributed by atoms with Crippen LogP contribution in [0.5, 0.6) is 0 Å². The summed E-state index contributed by atoms with van der Waals surface area (Å²) >= 11 is 9.29. The monoisotopic (exact) mass is 260 g/mol. The van der Waals surface area contributed by atoms with Crippen LogP contribution in [0.1, 0.15) is 9.75 Å². The molecule has 1 rings (SSSR count). The molecule has 0 fully saturated rings. The van der Waals surface area contributed by atoms with Crippen molar-refractivity contribution in [3.8, 4) is 0 Å². The highest BCUT2D eigenvalue weighted by molar-refractivity contribution is 7.96. The number of rotatable bonds is 4. The van der Waals surface area contributed by atoms with Gasteiger partial charge in [0.2, 0.25) is 0 Å². The van der Waals surface area contributed by atoms with E-state index in [0.29, 0.717) is 13.1 Å². The maximum absolute atomic E-state index is 7.09. The molecule has 0 aromatic carbocycles. The summed E-state index contributed by atoms with van der Waals surface area (Å²) in [6.45, 7) is 1.23. The van der Waals surface area contributed by atoms with Crippen LogP contribution < -0.4 is 10.6 Å². The minimum absolute atomic E-state index is 0.167. The quantitative estimate of drug-likeness (QED) is 0.283. The van der Waals surface area contributed by atoms with Gasteiger partial charge < -0.3 is 10.6 Å². The molecule has 1 aromatic rings. The average Bonchev–Trinajstić information content (AvgIpc) is 2.59. The average molecular weight is 260 g/mol. The Morgan fingerprint density at radius 3 is 1.80 bits per heavy atom. The summed E-state index contributed by atoms with van der Waals surface area (Å²) in [5.74, 6) is 0. The largest absolute Gasteiger partial charge is 0.360 e. The maximum Gasteiger partial charge on any atom is 0.150 e. The molecule has 0 radical (unpaired) electrons. The third-order valence-electron chi connectivity index (χ3n) is 1.58. The molecule has 0 saturated carbocycles. The Morgan fingerprint density at radius 1 is 1.07 bits per heavy atom. The van der Waals surface area contributed by atoms with Crippen molar-refractivity contribution in [2.75, 3.05) is 0 Å². The molecule has 15 heavy (non-hydrogen) atoms. The van der Waals surface area contributed by atoms with Crippen molar-refractivity contribution < 1.29 is 0 Å².